The summed E-state index contributed by atoms with van der Waals surface area (Å²) in [5, 5.41) is 6.42. The summed E-state index contributed by atoms with van der Waals surface area (Å²) in [5.74, 6) is 0.506. The van der Waals surface area contributed by atoms with Crippen molar-refractivity contribution in [2.45, 2.75) is 57.5 Å². The first kappa shape index (κ1) is 17.7. The van der Waals surface area contributed by atoms with E-state index >= 15 is 0 Å². The van der Waals surface area contributed by atoms with Crippen molar-refractivity contribution in [2.24, 2.45) is 5.92 Å². The number of hydrogen-bond acceptors (Lipinski definition) is 4. The van der Waals surface area contributed by atoms with Crippen LogP contribution in [0.5, 0.6) is 0 Å². The first-order valence-electron chi connectivity index (χ1n) is 9.66. The SMILES string of the molecule is CC(CC(=O)N1CCC(N2CCNCC2)C1)NC(=O)C1CCCC1. The number of piperazine rings is 1. The van der Waals surface area contributed by atoms with E-state index in [1.165, 1.54) is 0 Å². The molecule has 0 aromatic heterocycles. The molecule has 136 valence electrons. The third-order valence-corrected chi connectivity index (χ3v) is 5.78. The molecule has 2 atom stereocenters. The van der Waals surface area contributed by atoms with Gasteiger partial charge in [-0.1, -0.05) is 12.8 Å². The van der Waals surface area contributed by atoms with Gasteiger partial charge in [0.2, 0.25) is 11.8 Å². The van der Waals surface area contributed by atoms with Gasteiger partial charge in [0.25, 0.3) is 0 Å². The quantitative estimate of drug-likeness (QED) is 0.771. The van der Waals surface area contributed by atoms with E-state index in [0.717, 1.165) is 71.4 Å². The van der Waals surface area contributed by atoms with Crippen molar-refractivity contribution in [1.82, 2.24) is 20.4 Å². The van der Waals surface area contributed by atoms with Crippen molar-refractivity contribution >= 4 is 11.8 Å². The van der Waals surface area contributed by atoms with Crippen molar-refractivity contribution in [2.75, 3.05) is 39.3 Å². The minimum absolute atomic E-state index is 0.0659. The summed E-state index contributed by atoms with van der Waals surface area (Å²) in [6.07, 6.45) is 5.83. The molecule has 2 aliphatic heterocycles. The number of carbonyl (C=O) groups excluding carboxylic acids is 2. The first-order valence-corrected chi connectivity index (χ1v) is 9.66. The predicted octanol–water partition coefficient (Wildman–Crippen LogP) is 0.578. The fourth-order valence-corrected chi connectivity index (χ4v) is 4.30. The van der Waals surface area contributed by atoms with E-state index in [0.29, 0.717) is 12.5 Å². The number of carbonyl (C=O) groups is 2. The Morgan fingerprint density at radius 2 is 1.83 bits per heavy atom. The largest absolute Gasteiger partial charge is 0.353 e. The molecule has 1 aliphatic carbocycles. The lowest BCUT2D eigenvalue weighted by atomic mass is 10.1. The average molecular weight is 336 g/mol. The normalized spacial score (nSPS) is 27.4. The van der Waals surface area contributed by atoms with E-state index in [9.17, 15) is 9.59 Å². The summed E-state index contributed by atoms with van der Waals surface area (Å²) in [5.41, 5.74) is 0. The molecular weight excluding hydrogens is 304 g/mol. The van der Waals surface area contributed by atoms with Gasteiger partial charge in [0.05, 0.1) is 0 Å². The Labute approximate surface area is 145 Å². The fraction of sp³-hybridized carbons (Fsp3) is 0.889. The Kier molecular flexibility index (Phi) is 6.11. The Balaban J connectivity index is 1.40. The monoisotopic (exact) mass is 336 g/mol. The number of likely N-dealkylation sites (tertiary alicyclic amines) is 1. The summed E-state index contributed by atoms with van der Waals surface area (Å²) in [6, 6.07) is 0.447. The standard InChI is InChI=1S/C18H32N4O2/c1-14(20-18(24)15-4-2-3-5-15)12-17(23)22-9-6-16(13-22)21-10-7-19-8-11-21/h14-16,19H,2-13H2,1H3,(H,20,24). The van der Waals surface area contributed by atoms with E-state index in [1.54, 1.807) is 0 Å². The second-order valence-corrected chi connectivity index (χ2v) is 7.66. The van der Waals surface area contributed by atoms with E-state index < -0.39 is 0 Å². The van der Waals surface area contributed by atoms with Crippen LogP contribution in [0.3, 0.4) is 0 Å². The number of amides is 2. The molecule has 3 rings (SSSR count). The Morgan fingerprint density at radius 1 is 1.12 bits per heavy atom. The van der Waals surface area contributed by atoms with Crippen LogP contribution in [0.25, 0.3) is 0 Å². The molecule has 0 radical (unpaired) electrons. The maximum Gasteiger partial charge on any atom is 0.224 e. The molecule has 6 nitrogen and oxygen atoms in total. The summed E-state index contributed by atoms with van der Waals surface area (Å²) in [4.78, 5) is 29.2. The second kappa shape index (κ2) is 8.30. The van der Waals surface area contributed by atoms with Crippen LogP contribution < -0.4 is 10.6 Å². The maximum atomic E-state index is 12.5. The van der Waals surface area contributed by atoms with Crippen LogP contribution in [0.1, 0.15) is 45.4 Å². The molecule has 2 amide bonds. The van der Waals surface area contributed by atoms with Gasteiger partial charge in [0.1, 0.15) is 0 Å². The number of nitrogens with one attached hydrogen (secondary N) is 2. The highest BCUT2D eigenvalue weighted by atomic mass is 16.2. The van der Waals surface area contributed by atoms with E-state index in [4.69, 9.17) is 0 Å². The minimum Gasteiger partial charge on any atom is -0.353 e. The lowest BCUT2D eigenvalue weighted by Gasteiger charge is -2.32. The molecule has 2 saturated heterocycles. The lowest BCUT2D eigenvalue weighted by Crippen LogP contribution is -2.49. The molecule has 2 N–H and O–H groups in total. The molecule has 0 bridgehead atoms. The van der Waals surface area contributed by atoms with Crippen molar-refractivity contribution in [3.8, 4) is 0 Å². The van der Waals surface area contributed by atoms with Crippen LogP contribution in [-0.4, -0.2) is 73.0 Å². The zero-order chi connectivity index (χ0) is 16.9. The highest BCUT2D eigenvalue weighted by Gasteiger charge is 2.31. The van der Waals surface area contributed by atoms with Gasteiger partial charge < -0.3 is 15.5 Å². The van der Waals surface area contributed by atoms with Gasteiger partial charge in [-0.05, 0) is 26.2 Å². The van der Waals surface area contributed by atoms with Crippen molar-refractivity contribution in [3.63, 3.8) is 0 Å². The van der Waals surface area contributed by atoms with Gasteiger partial charge in [-0.25, -0.2) is 0 Å². The van der Waals surface area contributed by atoms with Crippen LogP contribution in [-0.2, 0) is 9.59 Å². The highest BCUT2D eigenvalue weighted by Crippen LogP contribution is 2.25. The van der Waals surface area contributed by atoms with E-state index in [-0.39, 0.29) is 23.8 Å². The van der Waals surface area contributed by atoms with Crippen LogP contribution >= 0.6 is 0 Å². The molecule has 6 heteroatoms. The third kappa shape index (κ3) is 4.48. The molecule has 0 aromatic carbocycles. The van der Waals surface area contributed by atoms with Gasteiger partial charge >= 0.3 is 0 Å². The molecule has 3 fully saturated rings. The van der Waals surface area contributed by atoms with E-state index in [1.807, 2.05) is 11.8 Å². The fourth-order valence-electron chi connectivity index (χ4n) is 4.30. The van der Waals surface area contributed by atoms with Gasteiger partial charge in [-0.15, -0.1) is 0 Å². The first-order chi connectivity index (χ1) is 11.6. The number of rotatable bonds is 5. The van der Waals surface area contributed by atoms with Crippen LogP contribution in [0, 0.1) is 5.92 Å². The maximum absolute atomic E-state index is 12.5. The topological polar surface area (TPSA) is 64.7 Å². The van der Waals surface area contributed by atoms with Crippen LogP contribution in [0.4, 0.5) is 0 Å². The summed E-state index contributed by atoms with van der Waals surface area (Å²) >= 11 is 0. The van der Waals surface area contributed by atoms with Crippen LogP contribution in [0.2, 0.25) is 0 Å². The Bertz CT molecular complexity index is 444. The molecule has 2 unspecified atom stereocenters. The molecule has 0 aromatic rings. The minimum atomic E-state index is -0.0659. The average Bonchev–Trinajstić information content (AvgIpc) is 3.27. The van der Waals surface area contributed by atoms with Crippen molar-refractivity contribution < 1.29 is 9.59 Å². The molecule has 1 saturated carbocycles. The Hall–Kier alpha value is -1.14. The molecule has 0 spiro atoms. The highest BCUT2D eigenvalue weighted by molar-refractivity contribution is 5.81. The van der Waals surface area contributed by atoms with Gasteiger partial charge in [-0.2, -0.15) is 0 Å². The summed E-state index contributed by atoms with van der Waals surface area (Å²) < 4.78 is 0. The van der Waals surface area contributed by atoms with Crippen molar-refractivity contribution in [1.29, 1.82) is 0 Å². The van der Waals surface area contributed by atoms with Crippen molar-refractivity contribution in [3.05, 3.63) is 0 Å². The Morgan fingerprint density at radius 3 is 2.54 bits per heavy atom. The van der Waals surface area contributed by atoms with E-state index in [2.05, 4.69) is 15.5 Å². The second-order valence-electron chi connectivity index (χ2n) is 7.66. The lowest BCUT2D eigenvalue weighted by molar-refractivity contribution is -0.131. The number of nitrogens with zero attached hydrogens (tertiary/aromatic N) is 2. The zero-order valence-corrected chi connectivity index (χ0v) is 14.9. The number of hydrogen-bond donors (Lipinski definition) is 2. The van der Waals surface area contributed by atoms with Gasteiger partial charge in [0, 0.05) is 63.7 Å². The molecule has 3 aliphatic rings. The van der Waals surface area contributed by atoms with Gasteiger partial charge in [-0.3, -0.25) is 14.5 Å². The summed E-state index contributed by atoms with van der Waals surface area (Å²) in [6.45, 7) is 7.93. The zero-order valence-electron chi connectivity index (χ0n) is 14.9. The molecule has 2 heterocycles. The predicted molar refractivity (Wildman–Crippen MR) is 93.6 cm³/mol. The third-order valence-electron chi connectivity index (χ3n) is 5.78. The van der Waals surface area contributed by atoms with Crippen LogP contribution in [0.15, 0.2) is 0 Å². The molecule has 24 heavy (non-hydrogen) atoms. The smallest absolute Gasteiger partial charge is 0.224 e. The summed E-state index contributed by atoms with van der Waals surface area (Å²) in [7, 11) is 0. The van der Waals surface area contributed by atoms with Gasteiger partial charge in [0.15, 0.2) is 0 Å². The molecular formula is C18H32N4O2.